The van der Waals surface area contributed by atoms with Gasteiger partial charge in [-0.1, -0.05) is 0 Å². The molecule has 2 rings (SSSR count). The first-order valence-corrected chi connectivity index (χ1v) is 7.40. The number of carbonyl (C=O) groups excluding carboxylic acids is 3. The number of ether oxygens (including phenoxy) is 3. The first-order valence-electron chi connectivity index (χ1n) is 7.40. The van der Waals surface area contributed by atoms with E-state index in [0.29, 0.717) is 25.9 Å². The van der Waals surface area contributed by atoms with Crippen LogP contribution in [0.2, 0.25) is 0 Å². The van der Waals surface area contributed by atoms with E-state index >= 15 is 0 Å². The molecule has 1 saturated heterocycles. The summed E-state index contributed by atoms with van der Waals surface area (Å²) in [6, 6.07) is 0. The Hall–Kier alpha value is -1.59. The molecular weight excluding hydrogens is 276 g/mol. The van der Waals surface area contributed by atoms with Crippen molar-refractivity contribution in [2.24, 2.45) is 5.92 Å². The van der Waals surface area contributed by atoms with Crippen molar-refractivity contribution in [3.8, 4) is 0 Å². The molecule has 3 atom stereocenters. The molecule has 0 aromatic rings. The number of rotatable bonds is 5. The van der Waals surface area contributed by atoms with Gasteiger partial charge >= 0.3 is 17.9 Å². The zero-order chi connectivity index (χ0) is 15.7. The topological polar surface area (TPSA) is 78.9 Å². The van der Waals surface area contributed by atoms with Crippen LogP contribution in [0.4, 0.5) is 0 Å². The van der Waals surface area contributed by atoms with Crippen LogP contribution in [-0.2, 0) is 28.6 Å². The van der Waals surface area contributed by atoms with Gasteiger partial charge in [-0.15, -0.1) is 0 Å². The standard InChI is InChI=1S/C15H22O6/c1-4-19-11(16)5-6-12(17)20-14(2)8-7-10-9-15(14,3)21-13(10)18/h10H,4-9H2,1-3H3. The number of carbonyl (C=O) groups is 3. The Morgan fingerprint density at radius 1 is 1.29 bits per heavy atom. The summed E-state index contributed by atoms with van der Waals surface area (Å²) < 4.78 is 15.8. The minimum Gasteiger partial charge on any atom is -0.466 e. The molecule has 1 aliphatic heterocycles. The van der Waals surface area contributed by atoms with Gasteiger partial charge in [0.25, 0.3) is 0 Å². The van der Waals surface area contributed by atoms with Gasteiger partial charge in [-0.25, -0.2) is 0 Å². The lowest BCUT2D eigenvalue weighted by atomic mass is 9.71. The van der Waals surface area contributed by atoms with Crippen LogP contribution in [0.15, 0.2) is 0 Å². The molecule has 0 spiro atoms. The van der Waals surface area contributed by atoms with Crippen LogP contribution in [0.5, 0.6) is 0 Å². The van der Waals surface area contributed by atoms with Crippen molar-refractivity contribution in [2.45, 2.75) is 64.1 Å². The summed E-state index contributed by atoms with van der Waals surface area (Å²) in [4.78, 5) is 34.9. The molecular formula is C15H22O6. The lowest BCUT2D eigenvalue weighted by molar-refractivity contribution is -0.197. The van der Waals surface area contributed by atoms with Crippen LogP contribution < -0.4 is 0 Å². The highest BCUT2D eigenvalue weighted by molar-refractivity contribution is 5.79. The summed E-state index contributed by atoms with van der Waals surface area (Å²) in [5.41, 5.74) is -1.60. The van der Waals surface area contributed by atoms with Crippen molar-refractivity contribution in [1.82, 2.24) is 0 Å². The van der Waals surface area contributed by atoms with Crippen molar-refractivity contribution in [2.75, 3.05) is 6.61 Å². The lowest BCUT2D eigenvalue weighted by Gasteiger charge is -2.43. The lowest BCUT2D eigenvalue weighted by Crippen LogP contribution is -2.54. The maximum Gasteiger partial charge on any atom is 0.309 e. The molecule has 2 bridgehead atoms. The summed E-state index contributed by atoms with van der Waals surface area (Å²) in [5, 5.41) is 0. The molecule has 0 N–H and O–H groups in total. The number of hydrogen-bond acceptors (Lipinski definition) is 6. The predicted molar refractivity (Wildman–Crippen MR) is 72.2 cm³/mol. The molecule has 0 aromatic carbocycles. The fourth-order valence-corrected chi connectivity index (χ4v) is 3.06. The first-order chi connectivity index (χ1) is 9.79. The Morgan fingerprint density at radius 2 is 1.95 bits per heavy atom. The van der Waals surface area contributed by atoms with Gasteiger partial charge in [0, 0.05) is 6.42 Å². The summed E-state index contributed by atoms with van der Waals surface area (Å²) in [5.74, 6) is -1.17. The fraction of sp³-hybridized carbons (Fsp3) is 0.800. The predicted octanol–water partition coefficient (Wildman–Crippen LogP) is 1.75. The number of fused-ring (bicyclic) bond motifs is 2. The average molecular weight is 298 g/mol. The largest absolute Gasteiger partial charge is 0.466 e. The molecule has 3 unspecified atom stereocenters. The SMILES string of the molecule is CCOC(=O)CCC(=O)OC1(C)CCC2CC1(C)OC2=O. The van der Waals surface area contributed by atoms with E-state index in [1.165, 1.54) is 0 Å². The van der Waals surface area contributed by atoms with Gasteiger partial charge in [-0.05, 0) is 33.6 Å². The van der Waals surface area contributed by atoms with Crippen LogP contribution >= 0.6 is 0 Å². The molecule has 1 saturated carbocycles. The van der Waals surface area contributed by atoms with Gasteiger partial charge in [0.05, 0.1) is 25.4 Å². The van der Waals surface area contributed by atoms with E-state index in [9.17, 15) is 14.4 Å². The zero-order valence-corrected chi connectivity index (χ0v) is 12.8. The van der Waals surface area contributed by atoms with E-state index in [4.69, 9.17) is 14.2 Å². The molecule has 1 heterocycles. The van der Waals surface area contributed by atoms with E-state index in [1.807, 2.05) is 6.92 Å². The van der Waals surface area contributed by atoms with Gasteiger partial charge in [0.15, 0.2) is 0 Å². The normalized spacial score (nSPS) is 34.2. The maximum absolute atomic E-state index is 12.0. The molecule has 0 aromatic heterocycles. The highest BCUT2D eigenvalue weighted by atomic mass is 16.6. The molecule has 2 fully saturated rings. The van der Waals surface area contributed by atoms with E-state index in [2.05, 4.69) is 0 Å². The van der Waals surface area contributed by atoms with Gasteiger partial charge in [0.1, 0.15) is 11.2 Å². The number of esters is 3. The Balaban J connectivity index is 1.93. The highest BCUT2D eigenvalue weighted by Gasteiger charge is 2.60. The maximum atomic E-state index is 12.0. The third-order valence-corrected chi connectivity index (χ3v) is 4.56. The van der Waals surface area contributed by atoms with Gasteiger partial charge < -0.3 is 14.2 Å². The first kappa shape index (κ1) is 15.8. The van der Waals surface area contributed by atoms with E-state index in [1.54, 1.807) is 13.8 Å². The van der Waals surface area contributed by atoms with E-state index < -0.39 is 23.1 Å². The summed E-state index contributed by atoms with van der Waals surface area (Å²) >= 11 is 0. The third-order valence-electron chi connectivity index (χ3n) is 4.56. The summed E-state index contributed by atoms with van der Waals surface area (Å²) in [7, 11) is 0. The van der Waals surface area contributed by atoms with Crippen molar-refractivity contribution < 1.29 is 28.6 Å². The van der Waals surface area contributed by atoms with Crippen molar-refractivity contribution in [1.29, 1.82) is 0 Å². The Kier molecular flexibility index (Phi) is 4.25. The molecule has 0 radical (unpaired) electrons. The second-order valence-corrected chi connectivity index (χ2v) is 6.10. The third kappa shape index (κ3) is 3.04. The second-order valence-electron chi connectivity index (χ2n) is 6.10. The molecule has 118 valence electrons. The Labute approximate surface area is 124 Å². The monoisotopic (exact) mass is 298 g/mol. The minimum absolute atomic E-state index is 0.00187. The van der Waals surface area contributed by atoms with Crippen molar-refractivity contribution in [3.05, 3.63) is 0 Å². The fourth-order valence-electron chi connectivity index (χ4n) is 3.06. The zero-order valence-electron chi connectivity index (χ0n) is 12.8. The smallest absolute Gasteiger partial charge is 0.309 e. The second kappa shape index (κ2) is 5.66. The van der Waals surface area contributed by atoms with E-state index in [0.717, 1.165) is 0 Å². The Morgan fingerprint density at radius 3 is 2.62 bits per heavy atom. The molecule has 6 heteroatoms. The molecule has 6 nitrogen and oxygen atoms in total. The summed E-state index contributed by atoms with van der Waals surface area (Å²) in [6.45, 7) is 5.61. The van der Waals surface area contributed by atoms with Crippen molar-refractivity contribution in [3.63, 3.8) is 0 Å². The number of hydrogen-bond donors (Lipinski definition) is 0. The van der Waals surface area contributed by atoms with E-state index in [-0.39, 0.29) is 24.7 Å². The van der Waals surface area contributed by atoms with Crippen molar-refractivity contribution >= 4 is 17.9 Å². The molecule has 2 aliphatic rings. The van der Waals surface area contributed by atoms with Crippen LogP contribution in [0.25, 0.3) is 0 Å². The molecule has 0 amide bonds. The average Bonchev–Trinajstić information content (AvgIpc) is 2.66. The van der Waals surface area contributed by atoms with Crippen LogP contribution in [0, 0.1) is 5.92 Å². The minimum atomic E-state index is -0.832. The van der Waals surface area contributed by atoms with Crippen LogP contribution in [-0.4, -0.2) is 35.7 Å². The van der Waals surface area contributed by atoms with Gasteiger partial charge in [0.2, 0.25) is 0 Å². The van der Waals surface area contributed by atoms with Crippen LogP contribution in [0.1, 0.15) is 52.9 Å². The highest BCUT2D eigenvalue weighted by Crippen LogP contribution is 2.50. The quantitative estimate of drug-likeness (QED) is 0.568. The molecule has 21 heavy (non-hydrogen) atoms. The van der Waals surface area contributed by atoms with Gasteiger partial charge in [-0.2, -0.15) is 0 Å². The molecule has 1 aliphatic carbocycles. The Bertz CT molecular complexity index is 459. The summed E-state index contributed by atoms with van der Waals surface area (Å²) in [6.07, 6.45) is 1.80. The van der Waals surface area contributed by atoms with Gasteiger partial charge in [-0.3, -0.25) is 14.4 Å². The van der Waals surface area contributed by atoms with Crippen LogP contribution in [0.3, 0.4) is 0 Å².